The van der Waals surface area contributed by atoms with Gasteiger partial charge in [-0.1, -0.05) is 30.3 Å². The maximum Gasteiger partial charge on any atom is 0.337 e. The van der Waals surface area contributed by atoms with Gasteiger partial charge in [0.2, 0.25) is 5.91 Å². The second-order valence-electron chi connectivity index (χ2n) is 7.38. The molecule has 0 atom stereocenters. The Morgan fingerprint density at radius 2 is 1.81 bits per heavy atom. The van der Waals surface area contributed by atoms with E-state index in [-0.39, 0.29) is 18.9 Å². The number of carbonyl (C=O) groups excluding carboxylic acids is 2. The van der Waals surface area contributed by atoms with E-state index in [1.807, 2.05) is 25.1 Å². The zero-order valence-electron chi connectivity index (χ0n) is 17.2. The Morgan fingerprint density at radius 3 is 2.55 bits per heavy atom. The highest BCUT2D eigenvalue weighted by Crippen LogP contribution is 2.41. The van der Waals surface area contributed by atoms with Gasteiger partial charge >= 0.3 is 5.97 Å². The largest absolute Gasteiger partial charge is 0.465 e. The summed E-state index contributed by atoms with van der Waals surface area (Å²) in [6.45, 7) is 2.02. The molecule has 1 N–H and O–H groups in total. The number of hydrogen-bond acceptors (Lipinski definition) is 5. The van der Waals surface area contributed by atoms with Gasteiger partial charge in [-0.3, -0.25) is 9.10 Å². The van der Waals surface area contributed by atoms with Crippen LogP contribution < -0.4 is 9.62 Å². The molecule has 1 aliphatic rings. The highest BCUT2D eigenvalue weighted by molar-refractivity contribution is 7.93. The van der Waals surface area contributed by atoms with Gasteiger partial charge in [-0.2, -0.15) is 0 Å². The molecule has 0 fully saturated rings. The van der Waals surface area contributed by atoms with Crippen LogP contribution in [0.1, 0.15) is 28.8 Å². The van der Waals surface area contributed by atoms with E-state index in [0.717, 1.165) is 16.3 Å². The number of hydrogen-bond donors (Lipinski definition) is 1. The van der Waals surface area contributed by atoms with E-state index in [9.17, 15) is 18.0 Å². The van der Waals surface area contributed by atoms with Crippen molar-refractivity contribution < 1.29 is 22.7 Å². The molecule has 0 unspecified atom stereocenters. The molecule has 0 bridgehead atoms. The number of ether oxygens (including phenoxy) is 1. The molecule has 0 aromatic heterocycles. The zero-order valence-corrected chi connectivity index (χ0v) is 18.0. The lowest BCUT2D eigenvalue weighted by Gasteiger charge is -2.18. The number of carbonyl (C=O) groups is 2. The van der Waals surface area contributed by atoms with Crippen molar-refractivity contribution in [1.29, 1.82) is 0 Å². The minimum atomic E-state index is -3.63. The number of esters is 1. The van der Waals surface area contributed by atoms with E-state index in [0.29, 0.717) is 28.3 Å². The predicted octanol–water partition coefficient (Wildman–Crippen LogP) is 3.86. The van der Waals surface area contributed by atoms with Gasteiger partial charge in [0.1, 0.15) is 0 Å². The standard InChI is InChI=1S/C23H22N2O5S/c1-15-11-12-17(23(27)30-2)14-18(15)24-21(26)10-5-13-25-19-8-3-6-16-7-4-9-20(22(16)19)31(25,28)29/h3-4,6-9,11-12,14H,5,10,13H2,1-2H3,(H,24,26). The second kappa shape index (κ2) is 8.03. The predicted molar refractivity (Wildman–Crippen MR) is 119 cm³/mol. The molecule has 0 saturated heterocycles. The molecular weight excluding hydrogens is 416 g/mol. The third kappa shape index (κ3) is 3.74. The first-order chi connectivity index (χ1) is 14.8. The molecule has 1 heterocycles. The van der Waals surface area contributed by atoms with E-state index < -0.39 is 16.0 Å². The minimum absolute atomic E-state index is 0.139. The normalized spacial score (nSPS) is 13.9. The Hall–Kier alpha value is -3.39. The lowest BCUT2D eigenvalue weighted by Crippen LogP contribution is -2.29. The lowest BCUT2D eigenvalue weighted by atomic mass is 10.1. The zero-order chi connectivity index (χ0) is 22.2. The van der Waals surface area contributed by atoms with E-state index in [4.69, 9.17) is 4.74 Å². The Bertz CT molecular complexity index is 1300. The molecule has 3 aromatic carbocycles. The van der Waals surface area contributed by atoms with E-state index in [2.05, 4.69) is 5.32 Å². The molecule has 1 amide bonds. The number of aryl methyl sites for hydroxylation is 1. The van der Waals surface area contributed by atoms with Crippen LogP contribution in [-0.4, -0.2) is 33.9 Å². The fraction of sp³-hybridized carbons (Fsp3) is 0.217. The fourth-order valence-corrected chi connectivity index (χ4v) is 5.55. The van der Waals surface area contributed by atoms with Crippen LogP contribution in [0.25, 0.3) is 10.8 Å². The van der Waals surface area contributed by atoms with Crippen LogP contribution in [0.15, 0.2) is 59.5 Å². The Labute approximate surface area is 180 Å². The highest BCUT2D eigenvalue weighted by Gasteiger charge is 2.35. The van der Waals surface area contributed by atoms with E-state index >= 15 is 0 Å². The number of nitrogens with zero attached hydrogens (tertiary/aromatic N) is 1. The van der Waals surface area contributed by atoms with Crippen LogP contribution in [0.2, 0.25) is 0 Å². The molecule has 7 nitrogen and oxygen atoms in total. The van der Waals surface area contributed by atoms with Crippen molar-refractivity contribution in [3.05, 3.63) is 65.7 Å². The quantitative estimate of drug-likeness (QED) is 0.590. The van der Waals surface area contributed by atoms with Crippen molar-refractivity contribution in [1.82, 2.24) is 0 Å². The van der Waals surface area contributed by atoms with Gasteiger partial charge in [0.05, 0.1) is 23.3 Å². The summed E-state index contributed by atoms with van der Waals surface area (Å²) < 4.78 is 32.1. The molecule has 31 heavy (non-hydrogen) atoms. The second-order valence-corrected chi connectivity index (χ2v) is 9.21. The molecule has 0 spiro atoms. The molecule has 8 heteroatoms. The first-order valence-corrected chi connectivity index (χ1v) is 11.3. The van der Waals surface area contributed by atoms with Crippen LogP contribution in [0.4, 0.5) is 11.4 Å². The van der Waals surface area contributed by atoms with Crippen LogP contribution in [0.5, 0.6) is 0 Å². The summed E-state index contributed by atoms with van der Waals surface area (Å²) in [5.74, 6) is -0.735. The van der Waals surface area contributed by atoms with Crippen molar-refractivity contribution in [3.63, 3.8) is 0 Å². The molecule has 0 saturated carbocycles. The summed E-state index contributed by atoms with van der Waals surface area (Å²) in [6, 6.07) is 15.7. The minimum Gasteiger partial charge on any atom is -0.465 e. The van der Waals surface area contributed by atoms with Gasteiger partial charge < -0.3 is 10.1 Å². The molecular formula is C23H22N2O5S. The maximum atomic E-state index is 13.0. The third-order valence-corrected chi connectivity index (χ3v) is 7.23. The summed E-state index contributed by atoms with van der Waals surface area (Å²) in [4.78, 5) is 24.5. The smallest absolute Gasteiger partial charge is 0.337 e. The average molecular weight is 439 g/mol. The lowest BCUT2D eigenvalue weighted by molar-refractivity contribution is -0.116. The van der Waals surface area contributed by atoms with Gasteiger partial charge in [-0.05, 0) is 48.6 Å². The van der Waals surface area contributed by atoms with E-state index in [1.165, 1.54) is 11.4 Å². The summed E-state index contributed by atoms with van der Waals surface area (Å²) in [7, 11) is -2.33. The van der Waals surface area contributed by atoms with Crippen LogP contribution in [0, 0.1) is 6.92 Å². The number of sulfonamides is 1. The van der Waals surface area contributed by atoms with Gasteiger partial charge in [-0.25, -0.2) is 13.2 Å². The first-order valence-electron chi connectivity index (χ1n) is 9.86. The van der Waals surface area contributed by atoms with Gasteiger partial charge in [0, 0.05) is 24.0 Å². The summed E-state index contributed by atoms with van der Waals surface area (Å²) in [6.07, 6.45) is 0.491. The topological polar surface area (TPSA) is 92.8 Å². The van der Waals surface area contributed by atoms with Crippen molar-refractivity contribution in [2.24, 2.45) is 0 Å². The fourth-order valence-electron chi connectivity index (χ4n) is 3.80. The number of nitrogens with one attached hydrogen (secondary N) is 1. The third-order valence-electron chi connectivity index (χ3n) is 5.38. The maximum absolute atomic E-state index is 13.0. The van der Waals surface area contributed by atoms with Gasteiger partial charge in [0.15, 0.2) is 0 Å². The monoisotopic (exact) mass is 438 g/mol. The molecule has 0 radical (unpaired) electrons. The van der Waals surface area contributed by atoms with Crippen molar-refractivity contribution in [2.75, 3.05) is 23.3 Å². The van der Waals surface area contributed by atoms with Crippen LogP contribution >= 0.6 is 0 Å². The molecule has 3 aromatic rings. The number of benzene rings is 3. The highest BCUT2D eigenvalue weighted by atomic mass is 32.2. The molecule has 160 valence electrons. The summed E-state index contributed by atoms with van der Waals surface area (Å²) >= 11 is 0. The van der Waals surface area contributed by atoms with Gasteiger partial charge in [0.25, 0.3) is 10.0 Å². The average Bonchev–Trinajstić information content (AvgIpc) is 2.98. The summed E-state index contributed by atoms with van der Waals surface area (Å²) in [5.41, 5.74) is 2.33. The first kappa shape index (κ1) is 20.9. The SMILES string of the molecule is COC(=O)c1ccc(C)c(NC(=O)CCCN2c3cccc4cccc(c34)S2(=O)=O)c1. The Morgan fingerprint density at radius 1 is 1.06 bits per heavy atom. The van der Waals surface area contributed by atoms with Gasteiger partial charge in [-0.15, -0.1) is 0 Å². The number of anilines is 2. The summed E-state index contributed by atoms with van der Waals surface area (Å²) in [5, 5.41) is 4.40. The Kier molecular flexibility index (Phi) is 5.41. The van der Waals surface area contributed by atoms with Crippen LogP contribution in [0.3, 0.4) is 0 Å². The molecule has 1 aliphatic heterocycles. The number of methoxy groups -OCH3 is 1. The van der Waals surface area contributed by atoms with Crippen molar-refractivity contribution in [3.8, 4) is 0 Å². The van der Waals surface area contributed by atoms with E-state index in [1.54, 1.807) is 36.4 Å². The van der Waals surface area contributed by atoms with Crippen molar-refractivity contribution >= 4 is 44.0 Å². The number of amides is 1. The Balaban J connectivity index is 1.44. The molecule has 0 aliphatic carbocycles. The number of rotatable bonds is 6. The van der Waals surface area contributed by atoms with Crippen molar-refractivity contribution in [2.45, 2.75) is 24.7 Å². The van der Waals surface area contributed by atoms with Crippen LogP contribution in [-0.2, 0) is 19.6 Å². The molecule has 4 rings (SSSR count).